The van der Waals surface area contributed by atoms with Crippen LogP contribution in [0.15, 0.2) is 0 Å². The molecule has 1 aliphatic carbocycles. The summed E-state index contributed by atoms with van der Waals surface area (Å²) in [6.07, 6.45) is 3.48. The average Bonchev–Trinajstić information content (AvgIpc) is 2.34. The first kappa shape index (κ1) is 17.2. The summed E-state index contributed by atoms with van der Waals surface area (Å²) in [7, 11) is 2.21. The van der Waals surface area contributed by atoms with Crippen LogP contribution in [-0.2, 0) is 9.47 Å². The fourth-order valence-electron chi connectivity index (χ4n) is 4.16. The molecule has 1 aliphatic heterocycles. The van der Waals surface area contributed by atoms with Crippen LogP contribution in [0.25, 0.3) is 0 Å². The third-order valence-corrected chi connectivity index (χ3v) is 5.07. The van der Waals surface area contributed by atoms with Crippen LogP contribution in [0.4, 0.5) is 0 Å². The molecule has 0 amide bonds. The standard InChI is InChI=1S/C17H34NO3/c1-14-9-16(11-17(2,3)10-14)21-13-15(19)12-18(4)5-7-20-8-6-18/h14-16,19H,5-13H2,1-4H3/q+1/t14-,15+,16-/m0/s1. The maximum atomic E-state index is 10.3. The van der Waals surface area contributed by atoms with Crippen molar-refractivity contribution in [3.63, 3.8) is 0 Å². The summed E-state index contributed by atoms with van der Waals surface area (Å²) < 4.78 is 12.4. The lowest BCUT2D eigenvalue weighted by Crippen LogP contribution is -2.56. The monoisotopic (exact) mass is 300 g/mol. The summed E-state index contributed by atoms with van der Waals surface area (Å²) in [6, 6.07) is 0. The van der Waals surface area contributed by atoms with Gasteiger partial charge in [0.25, 0.3) is 0 Å². The number of nitrogens with zero attached hydrogens (tertiary/aromatic N) is 1. The zero-order valence-corrected chi connectivity index (χ0v) is 14.3. The number of ether oxygens (including phenoxy) is 2. The van der Waals surface area contributed by atoms with E-state index in [2.05, 4.69) is 27.8 Å². The lowest BCUT2D eigenvalue weighted by molar-refractivity contribution is -0.919. The number of hydrogen-bond acceptors (Lipinski definition) is 3. The van der Waals surface area contributed by atoms with E-state index in [9.17, 15) is 5.11 Å². The number of rotatable bonds is 5. The van der Waals surface area contributed by atoms with E-state index in [1.165, 1.54) is 6.42 Å². The van der Waals surface area contributed by atoms with Crippen LogP contribution in [-0.4, -0.2) is 68.3 Å². The normalized spacial score (nSPS) is 33.6. The Morgan fingerprint density at radius 3 is 2.57 bits per heavy atom. The molecule has 4 heteroatoms. The predicted molar refractivity (Wildman–Crippen MR) is 84.1 cm³/mol. The molecule has 1 heterocycles. The summed E-state index contributed by atoms with van der Waals surface area (Å²) in [5, 5.41) is 10.3. The lowest BCUT2D eigenvalue weighted by Gasteiger charge is -2.40. The molecule has 0 bridgehead atoms. The molecular weight excluding hydrogens is 266 g/mol. The van der Waals surface area contributed by atoms with Gasteiger partial charge >= 0.3 is 0 Å². The van der Waals surface area contributed by atoms with Crippen molar-refractivity contribution in [2.45, 2.75) is 52.2 Å². The molecule has 0 aromatic heterocycles. The van der Waals surface area contributed by atoms with Gasteiger partial charge in [-0.1, -0.05) is 20.8 Å². The average molecular weight is 300 g/mol. The van der Waals surface area contributed by atoms with E-state index in [1.807, 2.05) is 0 Å². The summed E-state index contributed by atoms with van der Waals surface area (Å²) in [5.74, 6) is 0.722. The predicted octanol–water partition coefficient (Wildman–Crippen LogP) is 2.06. The van der Waals surface area contributed by atoms with E-state index in [4.69, 9.17) is 9.47 Å². The molecule has 0 aromatic carbocycles. The van der Waals surface area contributed by atoms with Crippen molar-refractivity contribution in [2.75, 3.05) is 46.5 Å². The van der Waals surface area contributed by atoms with Crippen LogP contribution in [0.2, 0.25) is 0 Å². The molecule has 3 atom stereocenters. The van der Waals surface area contributed by atoms with Crippen molar-refractivity contribution < 1.29 is 19.1 Å². The highest BCUT2D eigenvalue weighted by molar-refractivity contribution is 4.83. The molecule has 2 fully saturated rings. The largest absolute Gasteiger partial charge is 0.385 e. The Kier molecular flexibility index (Phi) is 5.69. The smallest absolute Gasteiger partial charge is 0.126 e. The minimum Gasteiger partial charge on any atom is -0.385 e. The molecule has 2 aliphatic rings. The van der Waals surface area contributed by atoms with Crippen molar-refractivity contribution in [1.29, 1.82) is 0 Å². The number of hydrogen-bond donors (Lipinski definition) is 1. The highest BCUT2D eigenvalue weighted by atomic mass is 16.5. The van der Waals surface area contributed by atoms with E-state index in [1.54, 1.807) is 0 Å². The van der Waals surface area contributed by atoms with Gasteiger partial charge in [-0.15, -0.1) is 0 Å². The Hall–Kier alpha value is -0.160. The van der Waals surface area contributed by atoms with Gasteiger partial charge < -0.3 is 19.1 Å². The summed E-state index contributed by atoms with van der Waals surface area (Å²) in [5.41, 5.74) is 0.371. The Morgan fingerprint density at radius 2 is 1.95 bits per heavy atom. The second-order valence-corrected chi connectivity index (χ2v) is 8.38. The number of aliphatic hydroxyl groups is 1. The first-order chi connectivity index (χ1) is 9.78. The van der Waals surface area contributed by atoms with Gasteiger partial charge in [-0.2, -0.15) is 0 Å². The Bertz CT molecular complexity index is 326. The fraction of sp³-hybridized carbons (Fsp3) is 1.00. The van der Waals surface area contributed by atoms with Gasteiger partial charge in [-0.05, 0) is 30.6 Å². The Balaban J connectivity index is 1.74. The fourth-order valence-corrected chi connectivity index (χ4v) is 4.16. The summed E-state index contributed by atoms with van der Waals surface area (Å²) in [6.45, 7) is 11.8. The van der Waals surface area contributed by atoms with Crippen molar-refractivity contribution in [1.82, 2.24) is 0 Å². The molecule has 1 N–H and O–H groups in total. The van der Waals surface area contributed by atoms with Gasteiger partial charge in [-0.3, -0.25) is 0 Å². The highest BCUT2D eigenvalue weighted by Gasteiger charge is 2.33. The van der Waals surface area contributed by atoms with Crippen molar-refractivity contribution in [2.24, 2.45) is 11.3 Å². The summed E-state index contributed by atoms with van der Waals surface area (Å²) in [4.78, 5) is 0. The van der Waals surface area contributed by atoms with Crippen molar-refractivity contribution in [3.05, 3.63) is 0 Å². The van der Waals surface area contributed by atoms with Crippen LogP contribution in [0.1, 0.15) is 40.0 Å². The first-order valence-electron chi connectivity index (χ1n) is 8.49. The van der Waals surface area contributed by atoms with Gasteiger partial charge in [0, 0.05) is 0 Å². The molecular formula is C17H34NO3+. The van der Waals surface area contributed by atoms with E-state index >= 15 is 0 Å². The van der Waals surface area contributed by atoms with Gasteiger partial charge in [0.2, 0.25) is 0 Å². The van der Waals surface area contributed by atoms with Gasteiger partial charge in [-0.25, -0.2) is 0 Å². The third-order valence-electron chi connectivity index (χ3n) is 5.07. The maximum absolute atomic E-state index is 10.3. The first-order valence-corrected chi connectivity index (χ1v) is 8.49. The maximum Gasteiger partial charge on any atom is 0.126 e. The van der Waals surface area contributed by atoms with Gasteiger partial charge in [0.05, 0.1) is 33.0 Å². The van der Waals surface area contributed by atoms with Crippen LogP contribution in [0.3, 0.4) is 0 Å². The van der Waals surface area contributed by atoms with Gasteiger partial charge in [0.1, 0.15) is 25.7 Å². The Labute approximate surface area is 130 Å². The number of aliphatic hydroxyl groups excluding tert-OH is 1. The van der Waals surface area contributed by atoms with Crippen molar-refractivity contribution >= 4 is 0 Å². The quantitative estimate of drug-likeness (QED) is 0.790. The highest BCUT2D eigenvalue weighted by Crippen LogP contribution is 2.39. The van der Waals surface area contributed by atoms with Gasteiger partial charge in [0.15, 0.2) is 0 Å². The van der Waals surface area contributed by atoms with Crippen LogP contribution in [0, 0.1) is 11.3 Å². The van der Waals surface area contributed by atoms with Crippen LogP contribution < -0.4 is 0 Å². The molecule has 0 unspecified atom stereocenters. The minimum absolute atomic E-state index is 0.313. The molecule has 21 heavy (non-hydrogen) atoms. The topological polar surface area (TPSA) is 38.7 Å². The molecule has 1 saturated carbocycles. The minimum atomic E-state index is -0.367. The van der Waals surface area contributed by atoms with Crippen LogP contribution >= 0.6 is 0 Å². The molecule has 0 aromatic rings. The zero-order chi connectivity index (χ0) is 15.5. The number of quaternary nitrogens is 1. The molecule has 0 radical (unpaired) electrons. The lowest BCUT2D eigenvalue weighted by atomic mass is 9.71. The molecule has 124 valence electrons. The van der Waals surface area contributed by atoms with E-state index in [-0.39, 0.29) is 6.10 Å². The third kappa shape index (κ3) is 5.51. The van der Waals surface area contributed by atoms with Crippen LogP contribution in [0.5, 0.6) is 0 Å². The SMILES string of the molecule is C[C@H]1C[C@H](OC[C@H](O)C[N+]2(C)CCOCC2)CC(C)(C)C1. The molecule has 4 nitrogen and oxygen atoms in total. The van der Waals surface area contributed by atoms with E-state index in [0.29, 0.717) is 18.1 Å². The Morgan fingerprint density at radius 1 is 1.29 bits per heavy atom. The number of morpholine rings is 1. The van der Waals surface area contributed by atoms with E-state index < -0.39 is 0 Å². The van der Waals surface area contributed by atoms with E-state index in [0.717, 1.165) is 56.1 Å². The molecule has 0 spiro atoms. The summed E-state index contributed by atoms with van der Waals surface area (Å²) >= 11 is 0. The zero-order valence-electron chi connectivity index (χ0n) is 14.3. The van der Waals surface area contributed by atoms with Crippen molar-refractivity contribution in [3.8, 4) is 0 Å². The molecule has 2 rings (SSSR count). The molecule has 1 saturated heterocycles. The number of likely N-dealkylation sites (N-methyl/N-ethyl adjacent to an activating group) is 1. The second-order valence-electron chi connectivity index (χ2n) is 8.38. The second kappa shape index (κ2) is 6.95.